The van der Waals surface area contributed by atoms with Crippen LogP contribution in [0, 0.1) is 0 Å². The minimum atomic E-state index is -0.618. The van der Waals surface area contributed by atoms with Gasteiger partial charge in [-0.15, -0.1) is 0 Å². The summed E-state index contributed by atoms with van der Waals surface area (Å²) < 4.78 is 9.69. The molecule has 0 unspecified atom stereocenters. The molecule has 1 aliphatic rings. The van der Waals surface area contributed by atoms with Crippen molar-refractivity contribution in [3.05, 3.63) is 60.2 Å². The van der Waals surface area contributed by atoms with Crippen LogP contribution in [-0.2, 0) is 25.5 Å². The Balaban J connectivity index is 2.01. The van der Waals surface area contributed by atoms with E-state index in [9.17, 15) is 19.2 Å². The minimum absolute atomic E-state index is 0.0296. The lowest BCUT2D eigenvalue weighted by Gasteiger charge is -2.13. The van der Waals surface area contributed by atoms with Crippen molar-refractivity contribution in [3.63, 3.8) is 0 Å². The van der Waals surface area contributed by atoms with Gasteiger partial charge in [0, 0.05) is 18.6 Å². The van der Waals surface area contributed by atoms with E-state index < -0.39 is 23.8 Å². The molecule has 0 N–H and O–H groups in total. The highest BCUT2D eigenvalue weighted by Gasteiger charge is 2.35. The van der Waals surface area contributed by atoms with E-state index >= 15 is 0 Å². The lowest BCUT2D eigenvalue weighted by molar-refractivity contribution is -0.138. The second-order valence-corrected chi connectivity index (χ2v) is 5.14. The number of hydrogen-bond donors (Lipinski definition) is 0. The van der Waals surface area contributed by atoms with Crippen molar-refractivity contribution in [3.8, 4) is 0 Å². The number of hydrogen-bond acceptors (Lipinski definition) is 6. The lowest BCUT2D eigenvalue weighted by atomic mass is 10.0. The van der Waals surface area contributed by atoms with Crippen LogP contribution in [0.4, 0.5) is 0 Å². The summed E-state index contributed by atoms with van der Waals surface area (Å²) in [5.41, 5.74) is 1.34. The number of ether oxygens (including phenoxy) is 2. The summed E-state index contributed by atoms with van der Waals surface area (Å²) in [5.74, 6) is -2.01. The highest BCUT2D eigenvalue weighted by molar-refractivity contribution is 6.21. The first-order valence-corrected chi connectivity index (χ1v) is 7.55. The Morgan fingerprint density at radius 2 is 1.56 bits per heavy atom. The Kier molecular flexibility index (Phi) is 5.84. The summed E-state index contributed by atoms with van der Waals surface area (Å²) >= 11 is 0. The Bertz CT molecular complexity index is 752. The van der Waals surface area contributed by atoms with Gasteiger partial charge in [0.1, 0.15) is 6.61 Å². The van der Waals surface area contributed by atoms with Crippen molar-refractivity contribution < 1.29 is 28.7 Å². The molecule has 1 heterocycles. The predicted molar refractivity (Wildman–Crippen MR) is 87.8 cm³/mol. The summed E-state index contributed by atoms with van der Waals surface area (Å²) in [6.45, 7) is 6.59. The lowest BCUT2D eigenvalue weighted by Crippen LogP contribution is -2.33. The van der Waals surface area contributed by atoms with E-state index in [2.05, 4.69) is 13.2 Å². The molecular weight excluding hydrogens is 326 g/mol. The summed E-state index contributed by atoms with van der Waals surface area (Å²) in [4.78, 5) is 47.7. The van der Waals surface area contributed by atoms with E-state index in [0.717, 1.165) is 22.6 Å². The van der Waals surface area contributed by atoms with Gasteiger partial charge >= 0.3 is 11.9 Å². The fraction of sp³-hybridized carbons (Fsp3) is 0.222. The van der Waals surface area contributed by atoms with Crippen molar-refractivity contribution in [2.45, 2.75) is 6.42 Å². The fourth-order valence-electron chi connectivity index (χ4n) is 2.32. The van der Waals surface area contributed by atoms with Crippen LogP contribution in [0.25, 0.3) is 0 Å². The molecule has 0 aliphatic carbocycles. The first-order chi connectivity index (χ1) is 12.0. The predicted octanol–water partition coefficient (Wildman–Crippen LogP) is 1.28. The number of esters is 2. The van der Waals surface area contributed by atoms with E-state index in [4.69, 9.17) is 9.47 Å². The van der Waals surface area contributed by atoms with Crippen molar-refractivity contribution in [1.82, 2.24) is 4.90 Å². The molecule has 1 aliphatic heterocycles. The van der Waals surface area contributed by atoms with Gasteiger partial charge in [0.05, 0.1) is 24.3 Å². The topological polar surface area (TPSA) is 90.0 Å². The van der Waals surface area contributed by atoms with E-state index in [1.54, 1.807) is 18.2 Å². The molecule has 7 nitrogen and oxygen atoms in total. The van der Waals surface area contributed by atoms with Gasteiger partial charge < -0.3 is 9.47 Å². The minimum Gasteiger partial charge on any atom is -0.462 e. The number of imide groups is 1. The van der Waals surface area contributed by atoms with Crippen molar-refractivity contribution in [2.75, 3.05) is 19.8 Å². The number of benzene rings is 1. The number of carbonyl (C=O) groups is 4. The van der Waals surface area contributed by atoms with Crippen LogP contribution in [0.15, 0.2) is 43.5 Å². The molecule has 0 saturated heterocycles. The van der Waals surface area contributed by atoms with Crippen LogP contribution in [0.2, 0.25) is 0 Å². The molecule has 2 rings (SSSR count). The number of carbonyl (C=O) groups excluding carboxylic acids is 4. The zero-order valence-corrected chi connectivity index (χ0v) is 13.5. The number of fused-ring (bicyclic) bond motifs is 1. The number of nitrogens with zero attached hydrogens (tertiary/aromatic N) is 1. The van der Waals surface area contributed by atoms with Gasteiger partial charge in [-0.1, -0.05) is 19.2 Å². The van der Waals surface area contributed by atoms with Crippen LogP contribution >= 0.6 is 0 Å². The fourth-order valence-corrected chi connectivity index (χ4v) is 2.32. The van der Waals surface area contributed by atoms with Crippen LogP contribution < -0.4 is 0 Å². The Morgan fingerprint density at radius 3 is 2.20 bits per heavy atom. The molecule has 7 heteroatoms. The molecule has 0 aromatic heterocycles. The van der Waals surface area contributed by atoms with Gasteiger partial charge in [-0.3, -0.25) is 14.5 Å². The Hall–Kier alpha value is -3.22. The van der Waals surface area contributed by atoms with E-state index in [0.29, 0.717) is 12.0 Å². The van der Waals surface area contributed by atoms with Gasteiger partial charge in [0.15, 0.2) is 0 Å². The monoisotopic (exact) mass is 343 g/mol. The zero-order chi connectivity index (χ0) is 18.4. The van der Waals surface area contributed by atoms with Crippen molar-refractivity contribution >= 4 is 23.8 Å². The molecule has 130 valence electrons. The molecule has 0 spiro atoms. The van der Waals surface area contributed by atoms with Crippen LogP contribution in [-0.4, -0.2) is 48.4 Å². The van der Waals surface area contributed by atoms with E-state index in [-0.39, 0.29) is 25.3 Å². The Labute approximate surface area is 144 Å². The third kappa shape index (κ3) is 4.20. The molecule has 0 saturated carbocycles. The quantitative estimate of drug-likeness (QED) is 0.401. The molecule has 1 aromatic rings. The van der Waals surface area contributed by atoms with Crippen LogP contribution in [0.5, 0.6) is 0 Å². The van der Waals surface area contributed by atoms with Crippen molar-refractivity contribution in [1.29, 1.82) is 0 Å². The van der Waals surface area contributed by atoms with Gasteiger partial charge in [0.25, 0.3) is 11.8 Å². The first kappa shape index (κ1) is 18.1. The molecule has 1 aromatic carbocycles. The molecule has 0 fully saturated rings. The summed E-state index contributed by atoms with van der Waals surface area (Å²) in [7, 11) is 0. The number of amides is 2. The molecule has 0 atom stereocenters. The second kappa shape index (κ2) is 8.05. The summed E-state index contributed by atoms with van der Waals surface area (Å²) in [6.07, 6.45) is 2.49. The summed E-state index contributed by atoms with van der Waals surface area (Å²) in [6, 6.07) is 4.87. The smallest absolute Gasteiger partial charge is 0.330 e. The van der Waals surface area contributed by atoms with Gasteiger partial charge in [-0.05, 0) is 17.7 Å². The van der Waals surface area contributed by atoms with E-state index in [1.807, 2.05) is 0 Å². The maximum Gasteiger partial charge on any atom is 0.330 e. The molecule has 0 bridgehead atoms. The highest BCUT2D eigenvalue weighted by Crippen LogP contribution is 2.24. The summed E-state index contributed by atoms with van der Waals surface area (Å²) in [5, 5.41) is 0. The second-order valence-electron chi connectivity index (χ2n) is 5.14. The maximum absolute atomic E-state index is 12.4. The Morgan fingerprint density at radius 1 is 0.960 bits per heavy atom. The largest absolute Gasteiger partial charge is 0.462 e. The normalized spacial score (nSPS) is 12.6. The average molecular weight is 343 g/mol. The molecule has 25 heavy (non-hydrogen) atoms. The van der Waals surface area contributed by atoms with Gasteiger partial charge in [-0.25, -0.2) is 9.59 Å². The van der Waals surface area contributed by atoms with Gasteiger partial charge in [-0.2, -0.15) is 0 Å². The third-order valence-electron chi connectivity index (χ3n) is 3.56. The van der Waals surface area contributed by atoms with E-state index in [1.165, 1.54) is 0 Å². The maximum atomic E-state index is 12.4. The van der Waals surface area contributed by atoms with Gasteiger partial charge in [0.2, 0.25) is 0 Å². The highest BCUT2D eigenvalue weighted by atomic mass is 16.5. The van der Waals surface area contributed by atoms with Crippen LogP contribution in [0.1, 0.15) is 26.3 Å². The van der Waals surface area contributed by atoms with Crippen LogP contribution in [0.3, 0.4) is 0 Å². The zero-order valence-electron chi connectivity index (χ0n) is 13.5. The standard InChI is InChI=1S/C18H17NO6/c1-3-15(20)24-9-7-12-5-6-13-14(11-12)18(23)19(17(13)22)8-10-25-16(21)4-2/h3-6,11H,1-2,7-10H2. The first-order valence-electron chi connectivity index (χ1n) is 7.55. The molecule has 2 amide bonds. The average Bonchev–Trinajstić information content (AvgIpc) is 2.85. The number of rotatable bonds is 8. The third-order valence-corrected chi connectivity index (χ3v) is 3.56. The SMILES string of the molecule is C=CC(=O)OCCc1ccc2c(c1)C(=O)N(CCOC(=O)C=C)C2=O. The molecular formula is C18H17NO6. The molecule has 0 radical (unpaired) electrons. The van der Waals surface area contributed by atoms with Crippen molar-refractivity contribution in [2.24, 2.45) is 0 Å².